The Bertz CT molecular complexity index is 683. The van der Waals surface area contributed by atoms with Crippen LogP contribution in [0.5, 0.6) is 5.75 Å². The molecule has 2 aromatic carbocycles. The maximum absolute atomic E-state index is 13.6. The van der Waals surface area contributed by atoms with Crippen LogP contribution >= 0.6 is 11.6 Å². The summed E-state index contributed by atoms with van der Waals surface area (Å²) in [5.41, 5.74) is 2.43. The quantitative estimate of drug-likeness (QED) is 0.815. The van der Waals surface area contributed by atoms with Gasteiger partial charge in [-0.1, -0.05) is 35.4 Å². The second kappa shape index (κ2) is 7.97. The molecular weight excluding hydrogens is 317 g/mol. The maximum Gasteiger partial charge on any atom is 0.224 e. The Morgan fingerprint density at radius 1 is 1.26 bits per heavy atom. The molecule has 122 valence electrons. The molecule has 0 radical (unpaired) electrons. The van der Waals surface area contributed by atoms with Crippen molar-refractivity contribution in [1.82, 2.24) is 5.32 Å². The van der Waals surface area contributed by atoms with Gasteiger partial charge in [-0.3, -0.25) is 4.79 Å². The van der Waals surface area contributed by atoms with Crippen LogP contribution in [0.2, 0.25) is 5.02 Å². The van der Waals surface area contributed by atoms with Crippen LogP contribution in [0.1, 0.15) is 16.7 Å². The molecule has 0 heterocycles. The molecule has 2 rings (SSSR count). The lowest BCUT2D eigenvalue weighted by molar-refractivity contribution is -0.120. The Balaban J connectivity index is 1.79. The molecule has 0 saturated heterocycles. The van der Waals surface area contributed by atoms with Gasteiger partial charge in [-0.25, -0.2) is 4.39 Å². The summed E-state index contributed by atoms with van der Waals surface area (Å²) in [5.74, 6) is 0.0300. The number of amides is 1. The lowest BCUT2D eigenvalue weighted by Crippen LogP contribution is -2.29. The van der Waals surface area contributed by atoms with Gasteiger partial charge in [-0.15, -0.1) is 0 Å². The van der Waals surface area contributed by atoms with Gasteiger partial charge in [0.05, 0.1) is 13.0 Å². The molecule has 0 spiro atoms. The standard InChI is InChI=1S/C18H19ClFNO2/c1-12-6-7-17(13(2)10-12)23-9-8-21-18(22)11-14-15(19)4-3-5-16(14)20/h3-7,10H,8-9,11H2,1-2H3,(H,21,22). The first kappa shape index (κ1) is 17.3. The average molecular weight is 336 g/mol. The third kappa shape index (κ3) is 4.96. The monoisotopic (exact) mass is 335 g/mol. The van der Waals surface area contributed by atoms with Crippen molar-refractivity contribution in [2.24, 2.45) is 0 Å². The number of ether oxygens (including phenoxy) is 1. The molecule has 0 atom stereocenters. The minimum absolute atomic E-state index is 0.0882. The molecule has 3 nitrogen and oxygen atoms in total. The molecule has 0 aliphatic heterocycles. The smallest absolute Gasteiger partial charge is 0.224 e. The van der Waals surface area contributed by atoms with E-state index in [4.69, 9.17) is 16.3 Å². The summed E-state index contributed by atoms with van der Waals surface area (Å²) in [6.07, 6.45) is -0.0882. The van der Waals surface area contributed by atoms with Crippen LogP contribution in [0.3, 0.4) is 0 Å². The number of carbonyl (C=O) groups excluding carboxylic acids is 1. The van der Waals surface area contributed by atoms with Crippen molar-refractivity contribution < 1.29 is 13.9 Å². The first-order valence-electron chi connectivity index (χ1n) is 7.37. The van der Waals surface area contributed by atoms with Crippen LogP contribution in [0.15, 0.2) is 36.4 Å². The van der Waals surface area contributed by atoms with Gasteiger partial charge in [-0.2, -0.15) is 0 Å². The molecule has 0 unspecified atom stereocenters. The van der Waals surface area contributed by atoms with E-state index in [1.807, 2.05) is 32.0 Å². The molecule has 2 aromatic rings. The highest BCUT2D eigenvalue weighted by atomic mass is 35.5. The van der Waals surface area contributed by atoms with Gasteiger partial charge < -0.3 is 10.1 Å². The highest BCUT2D eigenvalue weighted by Crippen LogP contribution is 2.20. The Morgan fingerprint density at radius 3 is 2.74 bits per heavy atom. The number of carbonyl (C=O) groups is 1. The normalized spacial score (nSPS) is 10.4. The van der Waals surface area contributed by atoms with Gasteiger partial charge in [0.15, 0.2) is 0 Å². The van der Waals surface area contributed by atoms with E-state index in [0.29, 0.717) is 13.2 Å². The number of hydrogen-bond donors (Lipinski definition) is 1. The van der Waals surface area contributed by atoms with Crippen LogP contribution in [0.25, 0.3) is 0 Å². The summed E-state index contributed by atoms with van der Waals surface area (Å²) >= 11 is 5.90. The summed E-state index contributed by atoms with van der Waals surface area (Å²) in [7, 11) is 0. The predicted octanol–water partition coefficient (Wildman–Crippen LogP) is 3.83. The van der Waals surface area contributed by atoms with E-state index in [1.54, 1.807) is 6.07 Å². The fraction of sp³-hybridized carbons (Fsp3) is 0.278. The number of nitrogens with one attached hydrogen (secondary N) is 1. The van der Waals surface area contributed by atoms with Crippen molar-refractivity contribution in [2.75, 3.05) is 13.2 Å². The Hall–Kier alpha value is -2.07. The molecule has 0 aliphatic rings. The van der Waals surface area contributed by atoms with Crippen molar-refractivity contribution in [3.63, 3.8) is 0 Å². The zero-order chi connectivity index (χ0) is 16.8. The summed E-state index contributed by atoms with van der Waals surface area (Å²) in [6, 6.07) is 10.3. The van der Waals surface area contributed by atoms with E-state index < -0.39 is 5.82 Å². The van der Waals surface area contributed by atoms with Crippen LogP contribution in [-0.4, -0.2) is 19.1 Å². The molecule has 1 amide bonds. The average Bonchev–Trinajstić information content (AvgIpc) is 2.49. The molecule has 0 fully saturated rings. The number of rotatable bonds is 6. The van der Waals surface area contributed by atoms with Gasteiger partial charge >= 0.3 is 0 Å². The molecule has 0 bridgehead atoms. The lowest BCUT2D eigenvalue weighted by Gasteiger charge is -2.11. The number of aryl methyl sites for hydroxylation is 2. The number of benzene rings is 2. The highest BCUT2D eigenvalue weighted by molar-refractivity contribution is 6.31. The van der Waals surface area contributed by atoms with Gasteiger partial charge in [0, 0.05) is 10.6 Å². The molecular formula is C18H19ClFNO2. The minimum Gasteiger partial charge on any atom is -0.491 e. The van der Waals surface area contributed by atoms with Crippen molar-refractivity contribution in [2.45, 2.75) is 20.3 Å². The van der Waals surface area contributed by atoms with Crippen molar-refractivity contribution in [3.8, 4) is 5.75 Å². The third-order valence-corrected chi connectivity index (χ3v) is 3.77. The fourth-order valence-electron chi connectivity index (χ4n) is 2.24. The van der Waals surface area contributed by atoms with Crippen molar-refractivity contribution in [3.05, 3.63) is 63.9 Å². The summed E-state index contributed by atoms with van der Waals surface area (Å²) in [5, 5.41) is 2.95. The molecule has 1 N–H and O–H groups in total. The van der Waals surface area contributed by atoms with Crippen molar-refractivity contribution >= 4 is 17.5 Å². The van der Waals surface area contributed by atoms with E-state index in [1.165, 1.54) is 17.7 Å². The SMILES string of the molecule is Cc1ccc(OCCNC(=O)Cc2c(F)cccc2Cl)c(C)c1. The first-order valence-corrected chi connectivity index (χ1v) is 7.75. The number of hydrogen-bond acceptors (Lipinski definition) is 2. The van der Waals surface area contributed by atoms with Gasteiger partial charge in [0.25, 0.3) is 0 Å². The predicted molar refractivity (Wildman–Crippen MR) is 89.5 cm³/mol. The van der Waals surface area contributed by atoms with Crippen LogP contribution in [0.4, 0.5) is 4.39 Å². The van der Waals surface area contributed by atoms with E-state index in [9.17, 15) is 9.18 Å². The van der Waals surface area contributed by atoms with Crippen LogP contribution in [0, 0.1) is 19.7 Å². The van der Waals surface area contributed by atoms with Gasteiger partial charge in [-0.05, 0) is 37.6 Å². The zero-order valence-corrected chi connectivity index (χ0v) is 13.9. The molecule has 0 aliphatic carbocycles. The summed E-state index contributed by atoms with van der Waals surface area (Å²) < 4.78 is 19.2. The van der Waals surface area contributed by atoms with E-state index in [0.717, 1.165) is 11.3 Å². The fourth-order valence-corrected chi connectivity index (χ4v) is 2.47. The third-order valence-electron chi connectivity index (χ3n) is 3.41. The Morgan fingerprint density at radius 2 is 2.04 bits per heavy atom. The number of halogens is 2. The van der Waals surface area contributed by atoms with E-state index >= 15 is 0 Å². The summed E-state index contributed by atoms with van der Waals surface area (Å²) in [4.78, 5) is 11.8. The molecule has 0 aromatic heterocycles. The molecule has 5 heteroatoms. The van der Waals surface area contributed by atoms with Crippen LogP contribution in [-0.2, 0) is 11.2 Å². The largest absolute Gasteiger partial charge is 0.491 e. The van der Waals surface area contributed by atoms with Gasteiger partial charge in [0.1, 0.15) is 18.2 Å². The van der Waals surface area contributed by atoms with Gasteiger partial charge in [0.2, 0.25) is 5.91 Å². The van der Waals surface area contributed by atoms with E-state index in [2.05, 4.69) is 5.32 Å². The van der Waals surface area contributed by atoms with Crippen LogP contribution < -0.4 is 10.1 Å². The Kier molecular flexibility index (Phi) is 5.99. The summed E-state index contributed by atoms with van der Waals surface area (Å²) in [6.45, 7) is 4.69. The second-order valence-corrected chi connectivity index (χ2v) is 5.75. The minimum atomic E-state index is -0.473. The van der Waals surface area contributed by atoms with Crippen molar-refractivity contribution in [1.29, 1.82) is 0 Å². The highest BCUT2D eigenvalue weighted by Gasteiger charge is 2.11. The maximum atomic E-state index is 13.6. The first-order chi connectivity index (χ1) is 11.0. The Labute approximate surface area is 140 Å². The second-order valence-electron chi connectivity index (χ2n) is 5.34. The molecule has 23 heavy (non-hydrogen) atoms. The molecule has 0 saturated carbocycles. The van der Waals surface area contributed by atoms with E-state index in [-0.39, 0.29) is 22.9 Å². The zero-order valence-electron chi connectivity index (χ0n) is 13.2. The topological polar surface area (TPSA) is 38.3 Å². The lowest BCUT2D eigenvalue weighted by atomic mass is 10.1.